The zero-order valence-corrected chi connectivity index (χ0v) is 11.8. The van der Waals surface area contributed by atoms with E-state index in [9.17, 15) is 14.4 Å². The number of carbonyl (C=O) groups excluding carboxylic acids is 3. The van der Waals surface area contributed by atoms with Gasteiger partial charge in [0.1, 0.15) is 6.04 Å². The maximum absolute atomic E-state index is 12.1. The first-order valence-electron chi connectivity index (χ1n) is 7.00. The highest BCUT2D eigenvalue weighted by Gasteiger charge is 2.34. The van der Waals surface area contributed by atoms with Crippen molar-refractivity contribution in [3.8, 4) is 0 Å². The Bertz CT molecular complexity index is 427. The largest absolute Gasteiger partial charge is 0.351 e. The molecule has 0 aromatic rings. The van der Waals surface area contributed by atoms with Crippen LogP contribution in [0.25, 0.3) is 0 Å². The summed E-state index contributed by atoms with van der Waals surface area (Å²) in [7, 11) is 1.67. The molecule has 0 spiro atoms. The lowest BCUT2D eigenvalue weighted by molar-refractivity contribution is -0.134. The summed E-state index contributed by atoms with van der Waals surface area (Å²) in [6.45, 7) is 4.74. The fourth-order valence-electron chi connectivity index (χ4n) is 2.78. The third kappa shape index (κ3) is 3.00. The molecule has 3 amide bonds. The number of hydrogen-bond donors (Lipinski definition) is 1. The van der Waals surface area contributed by atoms with Gasteiger partial charge < -0.3 is 15.1 Å². The molecule has 0 aliphatic carbocycles. The molecule has 0 unspecified atom stereocenters. The van der Waals surface area contributed by atoms with Crippen molar-refractivity contribution in [1.29, 1.82) is 0 Å². The number of likely N-dealkylation sites (tertiary alicyclic amines) is 2. The van der Waals surface area contributed by atoms with E-state index in [1.54, 1.807) is 11.9 Å². The molecule has 2 saturated heterocycles. The van der Waals surface area contributed by atoms with Crippen LogP contribution in [0.3, 0.4) is 0 Å². The van der Waals surface area contributed by atoms with Crippen molar-refractivity contribution in [1.82, 2.24) is 15.1 Å². The number of likely N-dealkylation sites (N-methyl/N-ethyl adjacent to an activating group) is 1. The van der Waals surface area contributed by atoms with E-state index in [4.69, 9.17) is 0 Å². The normalized spacial score (nSPS) is 23.9. The SMILES string of the molecule is C=CC(=O)N1CCC(NC(=O)[C@H]2CCC(=O)N2C)CC1. The highest BCUT2D eigenvalue weighted by atomic mass is 16.2. The molecule has 1 atom stereocenters. The summed E-state index contributed by atoms with van der Waals surface area (Å²) < 4.78 is 0. The molecule has 2 aliphatic heterocycles. The maximum Gasteiger partial charge on any atom is 0.245 e. The zero-order valence-electron chi connectivity index (χ0n) is 11.8. The third-order valence-electron chi connectivity index (χ3n) is 4.12. The van der Waals surface area contributed by atoms with Gasteiger partial charge in [0.2, 0.25) is 17.7 Å². The molecule has 6 nitrogen and oxygen atoms in total. The van der Waals surface area contributed by atoms with Gasteiger partial charge in [0, 0.05) is 32.6 Å². The Morgan fingerprint density at radius 2 is 1.95 bits per heavy atom. The third-order valence-corrected chi connectivity index (χ3v) is 4.12. The Hall–Kier alpha value is -1.85. The molecule has 20 heavy (non-hydrogen) atoms. The molecule has 2 aliphatic rings. The van der Waals surface area contributed by atoms with E-state index in [-0.39, 0.29) is 29.8 Å². The van der Waals surface area contributed by atoms with E-state index in [1.807, 2.05) is 0 Å². The van der Waals surface area contributed by atoms with E-state index in [0.717, 1.165) is 12.8 Å². The van der Waals surface area contributed by atoms with Crippen molar-refractivity contribution in [2.45, 2.75) is 37.8 Å². The Kier molecular flexibility index (Phi) is 4.42. The van der Waals surface area contributed by atoms with Gasteiger partial charge >= 0.3 is 0 Å². The molecule has 1 N–H and O–H groups in total. The monoisotopic (exact) mass is 279 g/mol. The summed E-state index contributed by atoms with van der Waals surface area (Å²) in [5.74, 6) is -0.112. The second kappa shape index (κ2) is 6.07. The van der Waals surface area contributed by atoms with E-state index in [0.29, 0.717) is 25.9 Å². The van der Waals surface area contributed by atoms with Gasteiger partial charge in [0.05, 0.1) is 0 Å². The number of rotatable bonds is 3. The van der Waals surface area contributed by atoms with Crippen molar-refractivity contribution < 1.29 is 14.4 Å². The van der Waals surface area contributed by atoms with E-state index in [2.05, 4.69) is 11.9 Å². The van der Waals surface area contributed by atoms with Crippen LogP contribution in [-0.4, -0.2) is 59.7 Å². The summed E-state index contributed by atoms with van der Waals surface area (Å²) in [5.41, 5.74) is 0. The predicted molar refractivity (Wildman–Crippen MR) is 73.7 cm³/mol. The lowest BCUT2D eigenvalue weighted by atomic mass is 10.0. The van der Waals surface area contributed by atoms with Crippen LogP contribution in [0.4, 0.5) is 0 Å². The molecule has 0 aromatic carbocycles. The molecule has 110 valence electrons. The second-order valence-corrected chi connectivity index (χ2v) is 5.37. The van der Waals surface area contributed by atoms with Crippen molar-refractivity contribution >= 4 is 17.7 Å². The number of hydrogen-bond acceptors (Lipinski definition) is 3. The van der Waals surface area contributed by atoms with Gasteiger partial charge in [0.25, 0.3) is 0 Å². The fraction of sp³-hybridized carbons (Fsp3) is 0.643. The van der Waals surface area contributed by atoms with Crippen LogP contribution in [0.1, 0.15) is 25.7 Å². The van der Waals surface area contributed by atoms with Crippen molar-refractivity contribution in [2.24, 2.45) is 0 Å². The Morgan fingerprint density at radius 1 is 1.30 bits per heavy atom. The maximum atomic E-state index is 12.1. The minimum Gasteiger partial charge on any atom is -0.351 e. The summed E-state index contributed by atoms with van der Waals surface area (Å²) in [6, 6.07) is -0.254. The molecule has 2 rings (SSSR count). The van der Waals surface area contributed by atoms with Crippen molar-refractivity contribution in [2.75, 3.05) is 20.1 Å². The van der Waals surface area contributed by atoms with Gasteiger partial charge in [-0.15, -0.1) is 0 Å². The van der Waals surface area contributed by atoms with Crippen LogP contribution in [0.15, 0.2) is 12.7 Å². The van der Waals surface area contributed by atoms with Crippen LogP contribution in [0.5, 0.6) is 0 Å². The van der Waals surface area contributed by atoms with Gasteiger partial charge in [-0.25, -0.2) is 0 Å². The number of amides is 3. The molecule has 0 aromatic heterocycles. The van der Waals surface area contributed by atoms with E-state index >= 15 is 0 Å². The Labute approximate surface area is 118 Å². The predicted octanol–water partition coefficient (Wildman–Crippen LogP) is -0.0996. The van der Waals surface area contributed by atoms with Crippen LogP contribution < -0.4 is 5.32 Å². The molecule has 0 radical (unpaired) electrons. The number of nitrogens with zero attached hydrogens (tertiary/aromatic N) is 2. The summed E-state index contributed by atoms with van der Waals surface area (Å²) in [5, 5.41) is 2.99. The Balaban J connectivity index is 1.81. The highest BCUT2D eigenvalue weighted by molar-refractivity contribution is 5.91. The molecular weight excluding hydrogens is 258 g/mol. The number of carbonyl (C=O) groups is 3. The van der Waals surface area contributed by atoms with Gasteiger partial charge in [0.15, 0.2) is 0 Å². The number of piperidine rings is 1. The molecule has 2 fully saturated rings. The smallest absolute Gasteiger partial charge is 0.245 e. The standard InChI is InChI=1S/C14H21N3O3/c1-3-12(18)17-8-6-10(7-9-17)15-14(20)11-4-5-13(19)16(11)2/h3,10-11H,1,4-9H2,2H3,(H,15,20)/t11-/m1/s1. The lowest BCUT2D eigenvalue weighted by Crippen LogP contribution is -2.50. The van der Waals surface area contributed by atoms with Crippen molar-refractivity contribution in [3.63, 3.8) is 0 Å². The zero-order chi connectivity index (χ0) is 14.7. The van der Waals surface area contributed by atoms with Crippen LogP contribution in [0, 0.1) is 0 Å². The fourth-order valence-corrected chi connectivity index (χ4v) is 2.78. The molecule has 0 saturated carbocycles. The van der Waals surface area contributed by atoms with Gasteiger partial charge in [-0.3, -0.25) is 14.4 Å². The highest BCUT2D eigenvalue weighted by Crippen LogP contribution is 2.18. The molecule has 0 bridgehead atoms. The van der Waals surface area contributed by atoms with E-state index in [1.165, 1.54) is 11.0 Å². The quantitative estimate of drug-likeness (QED) is 0.734. The average molecular weight is 279 g/mol. The van der Waals surface area contributed by atoms with E-state index < -0.39 is 0 Å². The Morgan fingerprint density at radius 3 is 2.45 bits per heavy atom. The summed E-state index contributed by atoms with van der Waals surface area (Å²) >= 11 is 0. The van der Waals surface area contributed by atoms with Crippen LogP contribution >= 0.6 is 0 Å². The lowest BCUT2D eigenvalue weighted by Gasteiger charge is -2.32. The van der Waals surface area contributed by atoms with Crippen LogP contribution in [-0.2, 0) is 14.4 Å². The first-order chi connectivity index (χ1) is 9.52. The molecule has 6 heteroatoms. The van der Waals surface area contributed by atoms with Gasteiger partial charge in [-0.2, -0.15) is 0 Å². The van der Waals surface area contributed by atoms with Crippen molar-refractivity contribution in [3.05, 3.63) is 12.7 Å². The van der Waals surface area contributed by atoms with Gasteiger partial charge in [-0.1, -0.05) is 6.58 Å². The minimum atomic E-state index is -0.338. The summed E-state index contributed by atoms with van der Waals surface area (Å²) in [6.07, 6.45) is 3.85. The average Bonchev–Trinajstić information content (AvgIpc) is 2.79. The first-order valence-corrected chi connectivity index (χ1v) is 7.00. The number of nitrogens with one attached hydrogen (secondary N) is 1. The molecule has 2 heterocycles. The topological polar surface area (TPSA) is 69.7 Å². The summed E-state index contributed by atoms with van der Waals surface area (Å²) in [4.78, 5) is 38.3. The van der Waals surface area contributed by atoms with Gasteiger partial charge in [-0.05, 0) is 25.3 Å². The second-order valence-electron chi connectivity index (χ2n) is 5.37. The minimum absolute atomic E-state index is 0.0246. The first kappa shape index (κ1) is 14.6. The molecular formula is C14H21N3O3. The van der Waals surface area contributed by atoms with Crippen LogP contribution in [0.2, 0.25) is 0 Å².